The molecule has 1 aromatic rings. The van der Waals surface area contributed by atoms with Crippen molar-refractivity contribution in [1.82, 2.24) is 4.72 Å². The zero-order valence-electron chi connectivity index (χ0n) is 12.8. The standard InChI is InChI=1S/C15H26N2O2S/c1-5-11(3)12(4)17-20(18,19)15-8-7-13(6-2)14(9-15)10-16/h7-9,11-12,17H,5-6,10,16H2,1-4H3. The molecule has 1 aromatic carbocycles. The first-order valence-corrected chi connectivity index (χ1v) is 8.68. The molecule has 1 rings (SSSR count). The summed E-state index contributed by atoms with van der Waals surface area (Å²) in [6, 6.07) is 5.11. The fraction of sp³-hybridized carbons (Fsp3) is 0.600. The number of nitrogens with two attached hydrogens (primary N) is 1. The Balaban J connectivity index is 3.04. The van der Waals surface area contributed by atoms with Crippen LogP contribution in [-0.4, -0.2) is 14.5 Å². The molecule has 0 fully saturated rings. The van der Waals surface area contributed by atoms with Crippen molar-refractivity contribution in [2.24, 2.45) is 11.7 Å². The van der Waals surface area contributed by atoms with Crippen LogP contribution < -0.4 is 10.5 Å². The van der Waals surface area contributed by atoms with Crippen molar-refractivity contribution in [1.29, 1.82) is 0 Å². The Morgan fingerprint density at radius 2 is 1.85 bits per heavy atom. The van der Waals surface area contributed by atoms with Gasteiger partial charge in [-0.25, -0.2) is 13.1 Å². The van der Waals surface area contributed by atoms with E-state index in [9.17, 15) is 8.42 Å². The first-order valence-electron chi connectivity index (χ1n) is 7.19. The lowest BCUT2D eigenvalue weighted by Crippen LogP contribution is -2.36. The molecule has 3 N–H and O–H groups in total. The molecule has 0 aliphatic rings. The molecule has 0 amide bonds. The normalized spacial score (nSPS) is 15.1. The molecular weight excluding hydrogens is 272 g/mol. The first-order chi connectivity index (χ1) is 9.35. The fourth-order valence-electron chi connectivity index (χ4n) is 2.09. The second kappa shape index (κ2) is 7.20. The Labute approximate surface area is 122 Å². The summed E-state index contributed by atoms with van der Waals surface area (Å²) >= 11 is 0. The third-order valence-corrected chi connectivity index (χ3v) is 5.48. The van der Waals surface area contributed by atoms with Crippen LogP contribution in [0.4, 0.5) is 0 Å². The Hall–Kier alpha value is -0.910. The minimum atomic E-state index is -3.48. The van der Waals surface area contributed by atoms with E-state index in [1.165, 1.54) is 0 Å². The van der Waals surface area contributed by atoms with Crippen molar-refractivity contribution in [3.8, 4) is 0 Å². The molecule has 4 nitrogen and oxygen atoms in total. The molecule has 0 aliphatic carbocycles. The van der Waals surface area contributed by atoms with Crippen LogP contribution in [0.3, 0.4) is 0 Å². The van der Waals surface area contributed by atoms with E-state index in [-0.39, 0.29) is 6.04 Å². The molecule has 2 atom stereocenters. The highest BCUT2D eigenvalue weighted by Crippen LogP contribution is 2.18. The summed E-state index contributed by atoms with van der Waals surface area (Å²) in [5, 5.41) is 0. The summed E-state index contributed by atoms with van der Waals surface area (Å²) in [6.07, 6.45) is 1.79. The van der Waals surface area contributed by atoms with Crippen LogP contribution >= 0.6 is 0 Å². The monoisotopic (exact) mass is 298 g/mol. The van der Waals surface area contributed by atoms with E-state index in [1.54, 1.807) is 12.1 Å². The SMILES string of the molecule is CCc1ccc(S(=O)(=O)NC(C)C(C)CC)cc1CN. The summed E-state index contributed by atoms with van der Waals surface area (Å²) in [7, 11) is -3.48. The summed E-state index contributed by atoms with van der Waals surface area (Å²) in [6.45, 7) is 8.38. The average Bonchev–Trinajstić information content (AvgIpc) is 2.44. The zero-order chi connectivity index (χ0) is 15.3. The van der Waals surface area contributed by atoms with Gasteiger partial charge in [-0.1, -0.05) is 33.3 Å². The van der Waals surface area contributed by atoms with Crippen LogP contribution in [0.2, 0.25) is 0 Å². The molecule has 20 heavy (non-hydrogen) atoms. The van der Waals surface area contributed by atoms with E-state index in [0.29, 0.717) is 17.4 Å². The minimum absolute atomic E-state index is 0.0859. The summed E-state index contributed by atoms with van der Waals surface area (Å²) < 4.78 is 27.5. The van der Waals surface area contributed by atoms with Crippen LogP contribution in [0.5, 0.6) is 0 Å². The highest BCUT2D eigenvalue weighted by molar-refractivity contribution is 7.89. The minimum Gasteiger partial charge on any atom is -0.326 e. The highest BCUT2D eigenvalue weighted by Gasteiger charge is 2.21. The highest BCUT2D eigenvalue weighted by atomic mass is 32.2. The molecule has 0 spiro atoms. The number of rotatable bonds is 7. The third-order valence-electron chi connectivity index (χ3n) is 3.93. The van der Waals surface area contributed by atoms with Crippen LogP contribution in [0.1, 0.15) is 45.2 Å². The lowest BCUT2D eigenvalue weighted by Gasteiger charge is -2.20. The van der Waals surface area contributed by atoms with E-state index in [2.05, 4.69) is 11.6 Å². The van der Waals surface area contributed by atoms with Gasteiger partial charge in [0.2, 0.25) is 10.0 Å². The predicted molar refractivity (Wildman–Crippen MR) is 82.9 cm³/mol. The smallest absolute Gasteiger partial charge is 0.240 e. The van der Waals surface area contributed by atoms with Crippen LogP contribution in [-0.2, 0) is 23.0 Å². The first kappa shape index (κ1) is 17.1. The lowest BCUT2D eigenvalue weighted by molar-refractivity contribution is 0.434. The number of hydrogen-bond acceptors (Lipinski definition) is 3. The van der Waals surface area contributed by atoms with Gasteiger partial charge in [0.25, 0.3) is 0 Å². The van der Waals surface area contributed by atoms with Crippen molar-refractivity contribution < 1.29 is 8.42 Å². The van der Waals surface area contributed by atoms with Gasteiger partial charge in [0.05, 0.1) is 4.90 Å². The van der Waals surface area contributed by atoms with E-state index in [0.717, 1.165) is 24.0 Å². The number of hydrogen-bond donors (Lipinski definition) is 2. The molecule has 0 saturated heterocycles. The van der Waals surface area contributed by atoms with Crippen molar-refractivity contribution in [3.05, 3.63) is 29.3 Å². The van der Waals surface area contributed by atoms with E-state index < -0.39 is 10.0 Å². The predicted octanol–water partition coefficient (Wildman–Crippen LogP) is 2.42. The second-order valence-corrected chi connectivity index (χ2v) is 7.00. The average molecular weight is 298 g/mol. The van der Waals surface area contributed by atoms with Gasteiger partial charge in [-0.05, 0) is 42.5 Å². The zero-order valence-corrected chi connectivity index (χ0v) is 13.6. The van der Waals surface area contributed by atoms with Gasteiger partial charge in [-0.15, -0.1) is 0 Å². The van der Waals surface area contributed by atoms with Crippen LogP contribution in [0, 0.1) is 5.92 Å². The molecule has 0 bridgehead atoms. The Morgan fingerprint density at radius 1 is 1.20 bits per heavy atom. The quantitative estimate of drug-likeness (QED) is 0.812. The number of benzene rings is 1. The van der Waals surface area contributed by atoms with Crippen molar-refractivity contribution >= 4 is 10.0 Å². The molecule has 0 radical (unpaired) electrons. The van der Waals surface area contributed by atoms with Crippen molar-refractivity contribution in [3.63, 3.8) is 0 Å². The molecular formula is C15H26N2O2S. The number of aryl methyl sites for hydroxylation is 1. The Kier molecular flexibility index (Phi) is 6.17. The maximum absolute atomic E-state index is 12.4. The van der Waals surface area contributed by atoms with Gasteiger partial charge in [0.15, 0.2) is 0 Å². The van der Waals surface area contributed by atoms with Crippen LogP contribution in [0.15, 0.2) is 23.1 Å². The summed E-state index contributed by atoms with van der Waals surface area (Å²) in [4.78, 5) is 0.297. The summed E-state index contributed by atoms with van der Waals surface area (Å²) in [5.41, 5.74) is 7.69. The van der Waals surface area contributed by atoms with Crippen LogP contribution in [0.25, 0.3) is 0 Å². The maximum Gasteiger partial charge on any atom is 0.240 e. The van der Waals surface area contributed by atoms with Gasteiger partial charge in [-0.2, -0.15) is 0 Å². The molecule has 0 saturated carbocycles. The molecule has 0 aliphatic heterocycles. The molecule has 5 heteroatoms. The van der Waals surface area contributed by atoms with Crippen molar-refractivity contribution in [2.45, 2.75) is 58.0 Å². The third kappa shape index (κ3) is 4.04. The molecule has 0 heterocycles. The fourth-order valence-corrected chi connectivity index (χ4v) is 3.49. The van der Waals surface area contributed by atoms with Gasteiger partial charge < -0.3 is 5.73 Å². The van der Waals surface area contributed by atoms with E-state index in [1.807, 2.05) is 26.8 Å². The number of sulfonamides is 1. The summed E-state index contributed by atoms with van der Waals surface area (Å²) in [5.74, 6) is 0.300. The van der Waals surface area contributed by atoms with E-state index in [4.69, 9.17) is 5.73 Å². The molecule has 2 unspecified atom stereocenters. The number of nitrogens with one attached hydrogen (secondary N) is 1. The topological polar surface area (TPSA) is 72.2 Å². The van der Waals surface area contributed by atoms with Crippen molar-refractivity contribution in [2.75, 3.05) is 0 Å². The van der Waals surface area contributed by atoms with Gasteiger partial charge in [-0.3, -0.25) is 0 Å². The Bertz CT molecular complexity index is 541. The lowest BCUT2D eigenvalue weighted by atomic mass is 10.0. The van der Waals surface area contributed by atoms with E-state index >= 15 is 0 Å². The van der Waals surface area contributed by atoms with Gasteiger partial charge in [0, 0.05) is 12.6 Å². The second-order valence-electron chi connectivity index (χ2n) is 5.28. The molecule has 0 aromatic heterocycles. The largest absolute Gasteiger partial charge is 0.326 e. The maximum atomic E-state index is 12.4. The van der Waals surface area contributed by atoms with Gasteiger partial charge >= 0.3 is 0 Å². The Morgan fingerprint density at radius 3 is 2.35 bits per heavy atom. The molecule has 114 valence electrons. The van der Waals surface area contributed by atoms with Gasteiger partial charge in [0.1, 0.15) is 0 Å².